The SMILES string of the molecule is CCOCC(C)OC(=O)c1csc(S(N)(=O)=O)c1. The number of primary sulfonamides is 1. The molecule has 0 spiro atoms. The van der Waals surface area contributed by atoms with Crippen LogP contribution in [0.15, 0.2) is 15.7 Å². The van der Waals surface area contributed by atoms with Crippen LogP contribution in [0.5, 0.6) is 0 Å². The molecule has 0 aliphatic carbocycles. The zero-order chi connectivity index (χ0) is 13.8. The number of sulfonamides is 1. The minimum Gasteiger partial charge on any atom is -0.457 e. The number of esters is 1. The highest BCUT2D eigenvalue weighted by Gasteiger charge is 2.17. The van der Waals surface area contributed by atoms with Crippen LogP contribution in [-0.4, -0.2) is 33.7 Å². The lowest BCUT2D eigenvalue weighted by atomic mass is 10.3. The van der Waals surface area contributed by atoms with Crippen molar-refractivity contribution in [3.8, 4) is 0 Å². The predicted molar refractivity (Wildman–Crippen MR) is 67.1 cm³/mol. The van der Waals surface area contributed by atoms with Gasteiger partial charge >= 0.3 is 5.97 Å². The second kappa shape index (κ2) is 6.28. The molecule has 0 radical (unpaired) electrons. The summed E-state index contributed by atoms with van der Waals surface area (Å²) in [5.74, 6) is -0.589. The van der Waals surface area contributed by atoms with Crippen LogP contribution < -0.4 is 5.14 Å². The molecule has 1 heterocycles. The van der Waals surface area contributed by atoms with Crippen LogP contribution in [0.3, 0.4) is 0 Å². The van der Waals surface area contributed by atoms with Crippen molar-refractivity contribution < 1.29 is 22.7 Å². The summed E-state index contributed by atoms with van der Waals surface area (Å²) in [6.07, 6.45) is -0.393. The summed E-state index contributed by atoms with van der Waals surface area (Å²) in [5.41, 5.74) is 0.173. The van der Waals surface area contributed by atoms with E-state index in [9.17, 15) is 13.2 Å². The lowest BCUT2D eigenvalue weighted by Gasteiger charge is -2.12. The van der Waals surface area contributed by atoms with Gasteiger partial charge in [-0.15, -0.1) is 11.3 Å². The van der Waals surface area contributed by atoms with E-state index in [1.807, 2.05) is 6.92 Å². The topological polar surface area (TPSA) is 95.7 Å². The summed E-state index contributed by atoms with van der Waals surface area (Å²) < 4.78 is 32.2. The Morgan fingerprint density at radius 2 is 2.22 bits per heavy atom. The summed E-state index contributed by atoms with van der Waals surface area (Å²) in [5, 5.41) is 6.35. The summed E-state index contributed by atoms with van der Waals surface area (Å²) >= 11 is 0.885. The first kappa shape index (κ1) is 15.1. The maximum atomic E-state index is 11.7. The van der Waals surface area contributed by atoms with Crippen molar-refractivity contribution >= 4 is 27.3 Å². The highest BCUT2D eigenvalue weighted by molar-refractivity contribution is 7.91. The molecular weight excluding hydrogens is 278 g/mol. The van der Waals surface area contributed by atoms with Gasteiger partial charge in [-0.3, -0.25) is 0 Å². The highest BCUT2D eigenvalue weighted by atomic mass is 32.2. The Kier molecular flexibility index (Phi) is 5.27. The van der Waals surface area contributed by atoms with Gasteiger partial charge in [0.1, 0.15) is 10.3 Å². The van der Waals surface area contributed by atoms with Gasteiger partial charge in [0.25, 0.3) is 0 Å². The van der Waals surface area contributed by atoms with Crippen molar-refractivity contribution in [1.82, 2.24) is 0 Å². The van der Waals surface area contributed by atoms with Gasteiger partial charge in [-0.25, -0.2) is 18.4 Å². The van der Waals surface area contributed by atoms with Gasteiger partial charge in [-0.2, -0.15) is 0 Å². The summed E-state index contributed by atoms with van der Waals surface area (Å²) in [4.78, 5) is 11.7. The van der Waals surface area contributed by atoms with Crippen LogP contribution in [-0.2, 0) is 19.5 Å². The molecule has 1 atom stereocenters. The third-order valence-corrected chi connectivity index (χ3v) is 4.34. The molecule has 102 valence electrons. The molecule has 1 unspecified atom stereocenters. The largest absolute Gasteiger partial charge is 0.457 e. The van der Waals surface area contributed by atoms with E-state index in [0.717, 1.165) is 11.3 Å². The number of ether oxygens (including phenoxy) is 2. The molecule has 1 aromatic rings. The minimum absolute atomic E-state index is 0.0630. The Hall–Kier alpha value is -0.960. The maximum Gasteiger partial charge on any atom is 0.339 e. The van der Waals surface area contributed by atoms with E-state index in [0.29, 0.717) is 13.2 Å². The van der Waals surface area contributed by atoms with Crippen LogP contribution in [0.2, 0.25) is 0 Å². The van der Waals surface area contributed by atoms with Crippen LogP contribution in [0, 0.1) is 0 Å². The molecule has 0 aliphatic heterocycles. The lowest BCUT2D eigenvalue weighted by Crippen LogP contribution is -2.20. The molecule has 0 fully saturated rings. The quantitative estimate of drug-likeness (QED) is 0.789. The predicted octanol–water partition coefficient (Wildman–Crippen LogP) is 0.977. The van der Waals surface area contributed by atoms with Gasteiger partial charge in [0.15, 0.2) is 0 Å². The first-order valence-electron chi connectivity index (χ1n) is 5.24. The van der Waals surface area contributed by atoms with Crippen LogP contribution in [0.4, 0.5) is 0 Å². The van der Waals surface area contributed by atoms with Crippen LogP contribution >= 0.6 is 11.3 Å². The van der Waals surface area contributed by atoms with Gasteiger partial charge in [0, 0.05) is 12.0 Å². The number of carbonyl (C=O) groups is 1. The van der Waals surface area contributed by atoms with Crippen LogP contribution in [0.25, 0.3) is 0 Å². The highest BCUT2D eigenvalue weighted by Crippen LogP contribution is 2.19. The molecule has 0 saturated heterocycles. The van der Waals surface area contributed by atoms with Crippen molar-refractivity contribution in [2.45, 2.75) is 24.2 Å². The Morgan fingerprint density at radius 3 is 2.72 bits per heavy atom. The molecule has 1 rings (SSSR count). The molecule has 1 aromatic heterocycles. The molecular formula is C10H15NO5S2. The average Bonchev–Trinajstić information content (AvgIpc) is 2.75. The Morgan fingerprint density at radius 1 is 1.56 bits per heavy atom. The number of rotatable bonds is 6. The van der Waals surface area contributed by atoms with Gasteiger partial charge in [-0.05, 0) is 19.9 Å². The maximum absolute atomic E-state index is 11.7. The lowest BCUT2D eigenvalue weighted by molar-refractivity contribution is 0.00443. The zero-order valence-corrected chi connectivity index (χ0v) is 11.7. The summed E-state index contributed by atoms with van der Waals surface area (Å²) in [6, 6.07) is 1.20. The van der Waals surface area contributed by atoms with Gasteiger partial charge in [0.2, 0.25) is 10.0 Å². The third kappa shape index (κ3) is 4.37. The van der Waals surface area contributed by atoms with Gasteiger partial charge < -0.3 is 9.47 Å². The van der Waals surface area contributed by atoms with Crippen molar-refractivity contribution in [3.05, 3.63) is 17.0 Å². The van der Waals surface area contributed by atoms with E-state index < -0.39 is 22.1 Å². The van der Waals surface area contributed by atoms with E-state index in [2.05, 4.69) is 0 Å². The number of nitrogens with two attached hydrogens (primary N) is 1. The number of carbonyl (C=O) groups excluding carboxylic acids is 1. The molecule has 8 heteroatoms. The smallest absolute Gasteiger partial charge is 0.339 e. The summed E-state index contributed by atoms with van der Waals surface area (Å²) in [6.45, 7) is 4.37. The Labute approximate surface area is 110 Å². The van der Waals surface area contributed by atoms with Crippen LogP contribution in [0.1, 0.15) is 24.2 Å². The van der Waals surface area contributed by atoms with Crippen molar-refractivity contribution in [2.24, 2.45) is 5.14 Å². The molecule has 0 saturated carbocycles. The molecule has 0 bridgehead atoms. The fraction of sp³-hybridized carbons (Fsp3) is 0.500. The van der Waals surface area contributed by atoms with E-state index >= 15 is 0 Å². The fourth-order valence-corrected chi connectivity index (χ4v) is 2.72. The number of hydrogen-bond donors (Lipinski definition) is 1. The molecule has 0 aromatic carbocycles. The second-order valence-electron chi connectivity index (χ2n) is 3.57. The molecule has 0 amide bonds. The van der Waals surface area contributed by atoms with Gasteiger partial charge in [0.05, 0.1) is 12.2 Å². The molecule has 0 aliphatic rings. The first-order valence-corrected chi connectivity index (χ1v) is 7.67. The Bertz CT molecular complexity index is 508. The second-order valence-corrected chi connectivity index (χ2v) is 6.27. The van der Waals surface area contributed by atoms with E-state index in [1.54, 1.807) is 6.92 Å². The first-order chi connectivity index (χ1) is 8.34. The van der Waals surface area contributed by atoms with Crippen molar-refractivity contribution in [1.29, 1.82) is 0 Å². The van der Waals surface area contributed by atoms with E-state index in [1.165, 1.54) is 11.4 Å². The van der Waals surface area contributed by atoms with Crippen molar-refractivity contribution in [2.75, 3.05) is 13.2 Å². The zero-order valence-electron chi connectivity index (χ0n) is 10.1. The number of hydrogen-bond acceptors (Lipinski definition) is 6. The van der Waals surface area contributed by atoms with Gasteiger partial charge in [-0.1, -0.05) is 0 Å². The third-order valence-electron chi connectivity index (χ3n) is 1.96. The Balaban J connectivity index is 2.65. The molecule has 2 N–H and O–H groups in total. The molecule has 6 nitrogen and oxygen atoms in total. The normalized spacial score (nSPS) is 13.3. The standard InChI is InChI=1S/C10H15NO5S2/c1-3-15-5-7(2)16-10(12)8-4-9(17-6-8)18(11,13)14/h4,6-7H,3,5H2,1-2H3,(H2,11,13,14). The van der Waals surface area contributed by atoms with E-state index in [4.69, 9.17) is 14.6 Å². The monoisotopic (exact) mass is 293 g/mol. The summed E-state index contributed by atoms with van der Waals surface area (Å²) in [7, 11) is -3.77. The van der Waals surface area contributed by atoms with E-state index in [-0.39, 0.29) is 9.77 Å². The molecule has 18 heavy (non-hydrogen) atoms. The van der Waals surface area contributed by atoms with Crippen molar-refractivity contribution in [3.63, 3.8) is 0 Å². The number of thiophene rings is 1. The fourth-order valence-electron chi connectivity index (χ4n) is 1.14. The minimum atomic E-state index is -3.77. The average molecular weight is 293 g/mol.